The van der Waals surface area contributed by atoms with Crippen LogP contribution < -0.4 is 10.6 Å². The van der Waals surface area contributed by atoms with Crippen LogP contribution in [0.3, 0.4) is 0 Å². The molecule has 1 N–H and O–H groups in total. The summed E-state index contributed by atoms with van der Waals surface area (Å²) in [6.07, 6.45) is 1.70. The van der Waals surface area contributed by atoms with Crippen LogP contribution in [0.4, 0.5) is 11.6 Å². The van der Waals surface area contributed by atoms with E-state index in [2.05, 4.69) is 61.9 Å². The van der Waals surface area contributed by atoms with Crippen molar-refractivity contribution >= 4 is 33.8 Å². The molecule has 0 aliphatic carbocycles. The maximum absolute atomic E-state index is 12.3. The Kier molecular flexibility index (Phi) is 3.37. The van der Waals surface area contributed by atoms with Crippen LogP contribution in [0.25, 0.3) is 22.2 Å². The predicted molar refractivity (Wildman–Crippen MR) is 113 cm³/mol. The molecule has 0 unspecified atom stereocenters. The average Bonchev–Trinajstić information content (AvgIpc) is 3.41. The molecule has 0 atom stereocenters. The lowest BCUT2D eigenvalue weighted by Gasteiger charge is -2.16. The molecule has 0 amide bonds. The van der Waals surface area contributed by atoms with Crippen LogP contribution in [-0.4, -0.2) is 30.6 Å². The fourth-order valence-corrected chi connectivity index (χ4v) is 4.13. The van der Waals surface area contributed by atoms with Gasteiger partial charge in [-0.2, -0.15) is 0 Å². The van der Waals surface area contributed by atoms with Crippen LogP contribution in [0, 0.1) is 0 Å². The number of aromatic nitrogens is 5. The number of pyridine rings is 1. The SMILES string of the molecule is O=c1[nH]c2cccnc2n1Cc1ccc(N2CCn3c2nc2ccccc23)cc1. The van der Waals surface area contributed by atoms with Crippen molar-refractivity contribution in [3.05, 3.63) is 82.9 Å². The summed E-state index contributed by atoms with van der Waals surface area (Å²) in [5, 5.41) is 0. The molecule has 6 rings (SSSR count). The van der Waals surface area contributed by atoms with Crippen molar-refractivity contribution in [1.29, 1.82) is 0 Å². The highest BCUT2D eigenvalue weighted by molar-refractivity contribution is 5.81. The highest BCUT2D eigenvalue weighted by atomic mass is 16.1. The number of nitrogens with zero attached hydrogens (tertiary/aromatic N) is 5. The Morgan fingerprint density at radius 2 is 1.83 bits per heavy atom. The van der Waals surface area contributed by atoms with Crippen molar-refractivity contribution in [2.24, 2.45) is 0 Å². The molecule has 0 radical (unpaired) electrons. The topological polar surface area (TPSA) is 71.7 Å². The molecule has 1 aliphatic heterocycles. The van der Waals surface area contributed by atoms with Gasteiger partial charge in [-0.15, -0.1) is 0 Å². The summed E-state index contributed by atoms with van der Waals surface area (Å²) in [6, 6.07) is 20.2. The van der Waals surface area contributed by atoms with Crippen LogP contribution >= 0.6 is 0 Å². The van der Waals surface area contributed by atoms with Crippen molar-refractivity contribution in [1.82, 2.24) is 24.1 Å². The Labute approximate surface area is 165 Å². The second kappa shape index (κ2) is 6.07. The number of anilines is 2. The van der Waals surface area contributed by atoms with Crippen LogP contribution in [0.5, 0.6) is 0 Å². The molecule has 0 bridgehead atoms. The normalized spacial score (nSPS) is 13.4. The van der Waals surface area contributed by atoms with Gasteiger partial charge in [0.1, 0.15) is 0 Å². The molecule has 0 saturated carbocycles. The Balaban J connectivity index is 1.32. The largest absolute Gasteiger partial charge is 0.327 e. The van der Waals surface area contributed by atoms with E-state index in [9.17, 15) is 4.79 Å². The molecular formula is C22H18N6O. The maximum Gasteiger partial charge on any atom is 0.327 e. The highest BCUT2D eigenvalue weighted by Crippen LogP contribution is 2.33. The van der Waals surface area contributed by atoms with E-state index in [4.69, 9.17) is 4.98 Å². The van der Waals surface area contributed by atoms with E-state index in [1.165, 1.54) is 5.52 Å². The summed E-state index contributed by atoms with van der Waals surface area (Å²) in [5.74, 6) is 0.982. The van der Waals surface area contributed by atoms with Gasteiger partial charge in [-0.1, -0.05) is 24.3 Å². The van der Waals surface area contributed by atoms with Gasteiger partial charge in [0.2, 0.25) is 5.95 Å². The van der Waals surface area contributed by atoms with Crippen LogP contribution in [-0.2, 0) is 13.1 Å². The molecule has 2 aromatic carbocycles. The molecule has 29 heavy (non-hydrogen) atoms. The Hall–Kier alpha value is -3.87. The quantitative estimate of drug-likeness (QED) is 0.520. The van der Waals surface area contributed by atoms with Crippen molar-refractivity contribution in [2.75, 3.05) is 11.4 Å². The predicted octanol–water partition coefficient (Wildman–Crippen LogP) is 3.27. The zero-order valence-corrected chi connectivity index (χ0v) is 15.6. The van der Waals surface area contributed by atoms with Crippen molar-refractivity contribution in [2.45, 2.75) is 13.1 Å². The third kappa shape index (κ3) is 2.47. The summed E-state index contributed by atoms with van der Waals surface area (Å²) in [5.41, 5.74) is 5.64. The van der Waals surface area contributed by atoms with E-state index >= 15 is 0 Å². The lowest BCUT2D eigenvalue weighted by molar-refractivity contribution is 0.778. The summed E-state index contributed by atoms with van der Waals surface area (Å²) in [4.78, 5) is 26.5. The van der Waals surface area contributed by atoms with E-state index in [0.717, 1.165) is 41.3 Å². The van der Waals surface area contributed by atoms with Gasteiger partial charge >= 0.3 is 5.69 Å². The van der Waals surface area contributed by atoms with Gasteiger partial charge in [0.25, 0.3) is 0 Å². The third-order valence-corrected chi connectivity index (χ3v) is 5.54. The number of rotatable bonds is 3. The molecule has 0 fully saturated rings. The first-order valence-corrected chi connectivity index (χ1v) is 9.63. The molecule has 0 saturated heterocycles. The van der Waals surface area contributed by atoms with Gasteiger partial charge in [0.05, 0.1) is 23.1 Å². The Bertz CT molecular complexity index is 1410. The zero-order valence-electron chi connectivity index (χ0n) is 15.6. The molecule has 7 heteroatoms. The first-order valence-electron chi connectivity index (χ1n) is 9.63. The molecule has 5 aromatic rings. The molecule has 142 valence electrons. The lowest BCUT2D eigenvalue weighted by Crippen LogP contribution is -2.18. The summed E-state index contributed by atoms with van der Waals surface area (Å²) >= 11 is 0. The standard InChI is InChI=1S/C22H18N6O/c29-22-25-18-5-3-11-23-20(18)28(22)14-15-7-9-16(10-8-15)26-12-13-27-19-6-2-1-4-17(19)24-21(26)27/h1-11H,12-14H2,(H,25,29). The van der Waals surface area contributed by atoms with E-state index in [1.807, 2.05) is 18.2 Å². The number of nitrogens with one attached hydrogen (secondary N) is 1. The first kappa shape index (κ1) is 16.1. The second-order valence-corrected chi connectivity index (χ2v) is 7.26. The molecule has 4 heterocycles. The zero-order chi connectivity index (χ0) is 19.4. The fourth-order valence-electron chi connectivity index (χ4n) is 4.13. The lowest BCUT2D eigenvalue weighted by atomic mass is 10.2. The van der Waals surface area contributed by atoms with Crippen molar-refractivity contribution in [3.8, 4) is 0 Å². The van der Waals surface area contributed by atoms with Gasteiger partial charge in [-0.25, -0.2) is 14.8 Å². The number of hydrogen-bond acceptors (Lipinski definition) is 4. The molecular weight excluding hydrogens is 364 g/mol. The van der Waals surface area contributed by atoms with Crippen LogP contribution in [0.1, 0.15) is 5.56 Å². The number of imidazole rings is 2. The number of aromatic amines is 1. The van der Waals surface area contributed by atoms with Gasteiger partial charge in [-0.05, 0) is 42.0 Å². The molecule has 7 nitrogen and oxygen atoms in total. The minimum atomic E-state index is -0.143. The number of para-hydroxylation sites is 2. The van der Waals surface area contributed by atoms with E-state index < -0.39 is 0 Å². The Morgan fingerprint density at radius 1 is 0.966 bits per heavy atom. The number of benzene rings is 2. The van der Waals surface area contributed by atoms with E-state index in [1.54, 1.807) is 10.8 Å². The minimum Gasteiger partial charge on any atom is -0.310 e. The third-order valence-electron chi connectivity index (χ3n) is 5.54. The number of fused-ring (bicyclic) bond motifs is 4. The van der Waals surface area contributed by atoms with Gasteiger partial charge in [0.15, 0.2) is 5.65 Å². The van der Waals surface area contributed by atoms with Crippen molar-refractivity contribution in [3.63, 3.8) is 0 Å². The van der Waals surface area contributed by atoms with Crippen LogP contribution in [0.2, 0.25) is 0 Å². The molecule has 0 spiro atoms. The number of H-pyrrole nitrogens is 1. The van der Waals surface area contributed by atoms with Gasteiger partial charge in [0, 0.05) is 25.0 Å². The fraction of sp³-hybridized carbons (Fsp3) is 0.136. The summed E-state index contributed by atoms with van der Waals surface area (Å²) in [6.45, 7) is 2.31. The number of hydrogen-bond donors (Lipinski definition) is 1. The minimum absolute atomic E-state index is 0.143. The maximum atomic E-state index is 12.3. The average molecular weight is 382 g/mol. The summed E-state index contributed by atoms with van der Waals surface area (Å²) < 4.78 is 3.93. The van der Waals surface area contributed by atoms with Gasteiger partial charge < -0.3 is 14.5 Å². The highest BCUT2D eigenvalue weighted by Gasteiger charge is 2.24. The molecule has 1 aliphatic rings. The van der Waals surface area contributed by atoms with Crippen molar-refractivity contribution < 1.29 is 0 Å². The summed E-state index contributed by atoms with van der Waals surface area (Å²) in [7, 11) is 0. The molecule has 3 aromatic heterocycles. The smallest absolute Gasteiger partial charge is 0.310 e. The first-order chi connectivity index (χ1) is 14.3. The second-order valence-electron chi connectivity index (χ2n) is 7.26. The van der Waals surface area contributed by atoms with E-state index in [0.29, 0.717) is 12.2 Å². The monoisotopic (exact) mass is 382 g/mol. The van der Waals surface area contributed by atoms with Gasteiger partial charge in [-0.3, -0.25) is 4.57 Å². The van der Waals surface area contributed by atoms with Crippen LogP contribution in [0.15, 0.2) is 71.7 Å². The Morgan fingerprint density at radius 3 is 2.72 bits per heavy atom. The van der Waals surface area contributed by atoms with E-state index in [-0.39, 0.29) is 5.69 Å².